The molecule has 0 saturated carbocycles. The zero-order chi connectivity index (χ0) is 20.3. The minimum absolute atomic E-state index is 0.217. The lowest BCUT2D eigenvalue weighted by molar-refractivity contribution is -0.114. The molecule has 142 valence electrons. The Hall–Kier alpha value is -2.70. The number of aromatic nitrogens is 1. The topological polar surface area (TPSA) is 71.1 Å². The molecule has 0 bridgehead atoms. The molecule has 1 aromatic heterocycles. The summed E-state index contributed by atoms with van der Waals surface area (Å²) >= 11 is 9.60. The van der Waals surface area contributed by atoms with Crippen molar-refractivity contribution in [3.05, 3.63) is 75.4 Å². The third-order valence-electron chi connectivity index (χ3n) is 3.99. The van der Waals surface area contributed by atoms with E-state index in [9.17, 15) is 9.59 Å². The molecule has 2 aromatic carbocycles. The van der Waals surface area contributed by atoms with Gasteiger partial charge in [-0.2, -0.15) is 0 Å². The van der Waals surface area contributed by atoms with Crippen LogP contribution < -0.4 is 10.6 Å². The summed E-state index contributed by atoms with van der Waals surface area (Å²) in [6, 6.07) is 16.3. The van der Waals surface area contributed by atoms with Crippen LogP contribution in [0.2, 0.25) is 5.02 Å². The summed E-state index contributed by atoms with van der Waals surface area (Å²) in [5, 5.41) is 5.77. The number of nitrogens with one attached hydrogen (secondary N) is 2. The first kappa shape index (κ1) is 20.0. The Morgan fingerprint density at radius 3 is 2.46 bits per heavy atom. The van der Waals surface area contributed by atoms with Crippen LogP contribution in [-0.4, -0.2) is 16.8 Å². The number of anilines is 2. The molecular formula is C21H17BrClN3O2. The van der Waals surface area contributed by atoms with Gasteiger partial charge in [0.15, 0.2) is 0 Å². The van der Waals surface area contributed by atoms with Crippen LogP contribution in [0.3, 0.4) is 0 Å². The summed E-state index contributed by atoms with van der Waals surface area (Å²) in [6.07, 6.45) is 0. The Kier molecular flexibility index (Phi) is 6.11. The average molecular weight is 459 g/mol. The van der Waals surface area contributed by atoms with Crippen molar-refractivity contribution in [3.63, 3.8) is 0 Å². The second kappa shape index (κ2) is 8.54. The summed E-state index contributed by atoms with van der Waals surface area (Å²) in [5.74, 6) is -0.500. The van der Waals surface area contributed by atoms with E-state index >= 15 is 0 Å². The number of hydrogen-bond acceptors (Lipinski definition) is 3. The number of rotatable bonds is 4. The molecule has 7 heteroatoms. The highest BCUT2D eigenvalue weighted by Gasteiger charge is 2.13. The Morgan fingerprint density at radius 1 is 1.04 bits per heavy atom. The largest absolute Gasteiger partial charge is 0.325 e. The molecule has 0 fully saturated rings. The molecular weight excluding hydrogens is 442 g/mol. The number of carbonyl (C=O) groups excluding carboxylic acids is 2. The van der Waals surface area contributed by atoms with Crippen molar-refractivity contribution in [1.82, 2.24) is 4.98 Å². The molecule has 1 heterocycles. The fourth-order valence-electron chi connectivity index (χ4n) is 2.69. The zero-order valence-corrected chi connectivity index (χ0v) is 17.6. The molecule has 5 nitrogen and oxygen atoms in total. The third kappa shape index (κ3) is 4.77. The van der Waals surface area contributed by atoms with Crippen molar-refractivity contribution in [2.24, 2.45) is 0 Å². The number of hydrogen-bond donors (Lipinski definition) is 2. The van der Waals surface area contributed by atoms with Gasteiger partial charge in [-0.3, -0.25) is 14.6 Å². The second-order valence-electron chi connectivity index (χ2n) is 6.17. The fourth-order valence-corrected chi connectivity index (χ4v) is 3.32. The van der Waals surface area contributed by atoms with Crippen LogP contribution in [0.1, 0.15) is 23.0 Å². The van der Waals surface area contributed by atoms with Crippen LogP contribution in [0.25, 0.3) is 11.3 Å². The number of halogens is 2. The number of pyridine rings is 1. The maximum atomic E-state index is 12.6. The number of carbonyl (C=O) groups is 2. The maximum absolute atomic E-state index is 12.6. The van der Waals surface area contributed by atoms with Gasteiger partial charge in [0.25, 0.3) is 5.91 Å². The Labute approximate surface area is 176 Å². The van der Waals surface area contributed by atoms with Crippen molar-refractivity contribution in [2.45, 2.75) is 13.8 Å². The lowest BCUT2D eigenvalue weighted by Crippen LogP contribution is -2.14. The Balaban J connectivity index is 1.79. The molecule has 3 rings (SSSR count). The van der Waals surface area contributed by atoms with Crippen LogP contribution >= 0.6 is 27.5 Å². The van der Waals surface area contributed by atoms with Gasteiger partial charge in [0, 0.05) is 22.6 Å². The van der Waals surface area contributed by atoms with Crippen molar-refractivity contribution < 1.29 is 9.59 Å². The smallest absolute Gasteiger partial charge is 0.257 e. The van der Waals surface area contributed by atoms with E-state index in [4.69, 9.17) is 11.6 Å². The molecule has 0 saturated heterocycles. The van der Waals surface area contributed by atoms with Crippen molar-refractivity contribution >= 4 is 50.7 Å². The molecule has 0 aliphatic heterocycles. The predicted octanol–water partition coefficient (Wildman–Crippen LogP) is 5.68. The Bertz CT molecular complexity index is 1070. The lowest BCUT2D eigenvalue weighted by Gasteiger charge is -2.11. The first-order chi connectivity index (χ1) is 13.3. The van der Waals surface area contributed by atoms with Gasteiger partial charge in [-0.15, -0.1) is 0 Å². The summed E-state index contributed by atoms with van der Waals surface area (Å²) < 4.78 is 0.964. The van der Waals surface area contributed by atoms with Gasteiger partial charge in [-0.05, 0) is 49.4 Å². The minimum Gasteiger partial charge on any atom is -0.325 e. The highest BCUT2D eigenvalue weighted by atomic mass is 79.9. The molecule has 28 heavy (non-hydrogen) atoms. The van der Waals surface area contributed by atoms with E-state index in [1.807, 2.05) is 30.3 Å². The lowest BCUT2D eigenvalue weighted by atomic mass is 10.1. The van der Waals surface area contributed by atoms with Gasteiger partial charge in [0.2, 0.25) is 5.91 Å². The number of benzene rings is 2. The minimum atomic E-state index is -0.283. The van der Waals surface area contributed by atoms with Gasteiger partial charge < -0.3 is 10.6 Å². The van der Waals surface area contributed by atoms with E-state index in [2.05, 4.69) is 31.5 Å². The zero-order valence-electron chi connectivity index (χ0n) is 15.2. The van der Waals surface area contributed by atoms with Gasteiger partial charge in [-0.1, -0.05) is 39.7 Å². The molecule has 2 N–H and O–H groups in total. The second-order valence-corrected chi connectivity index (χ2v) is 7.49. The van der Waals surface area contributed by atoms with Crippen LogP contribution in [-0.2, 0) is 4.79 Å². The molecule has 0 unspecified atom stereocenters. The van der Waals surface area contributed by atoms with Crippen molar-refractivity contribution in [2.75, 3.05) is 10.6 Å². The van der Waals surface area contributed by atoms with Crippen LogP contribution in [0.5, 0.6) is 0 Å². The standard InChI is InChI=1S/C21H17BrClN3O2/c1-12-17(7-9-19(24-12)14-4-3-5-15(22)10-14)21(28)26-16-6-8-20(18(23)11-16)25-13(2)27/h3-11H,1-2H3,(H,25,27)(H,26,28). The first-order valence-electron chi connectivity index (χ1n) is 8.45. The normalized spacial score (nSPS) is 10.4. The van der Waals surface area contributed by atoms with Crippen molar-refractivity contribution in [3.8, 4) is 11.3 Å². The molecule has 2 amide bonds. The predicted molar refractivity (Wildman–Crippen MR) is 116 cm³/mol. The SMILES string of the molecule is CC(=O)Nc1ccc(NC(=O)c2ccc(-c3cccc(Br)c3)nc2C)cc1Cl. The molecule has 0 spiro atoms. The van der Waals surface area contributed by atoms with E-state index in [1.165, 1.54) is 6.92 Å². The van der Waals surface area contributed by atoms with Gasteiger partial charge in [-0.25, -0.2) is 0 Å². The average Bonchev–Trinajstić information content (AvgIpc) is 2.63. The molecule has 0 atom stereocenters. The van der Waals surface area contributed by atoms with E-state index in [0.29, 0.717) is 27.7 Å². The monoisotopic (exact) mass is 457 g/mol. The van der Waals surface area contributed by atoms with Crippen LogP contribution in [0.15, 0.2) is 59.1 Å². The van der Waals surface area contributed by atoms with E-state index in [1.54, 1.807) is 31.2 Å². The quantitative estimate of drug-likeness (QED) is 0.528. The number of amides is 2. The molecule has 0 radical (unpaired) electrons. The molecule has 0 aliphatic rings. The fraction of sp³-hybridized carbons (Fsp3) is 0.0952. The summed E-state index contributed by atoms with van der Waals surface area (Å²) in [4.78, 5) is 28.3. The van der Waals surface area contributed by atoms with E-state index in [-0.39, 0.29) is 11.8 Å². The highest BCUT2D eigenvalue weighted by Crippen LogP contribution is 2.26. The Morgan fingerprint density at radius 2 is 1.82 bits per heavy atom. The van der Waals surface area contributed by atoms with Crippen LogP contribution in [0, 0.1) is 6.92 Å². The molecule has 3 aromatic rings. The summed E-state index contributed by atoms with van der Waals surface area (Å²) in [5.41, 5.74) is 3.86. The summed E-state index contributed by atoms with van der Waals surface area (Å²) in [6.45, 7) is 3.20. The van der Waals surface area contributed by atoms with Gasteiger partial charge in [0.1, 0.15) is 0 Å². The number of nitrogens with zero attached hydrogens (tertiary/aromatic N) is 1. The van der Waals surface area contributed by atoms with Gasteiger partial charge in [0.05, 0.1) is 27.7 Å². The van der Waals surface area contributed by atoms with Crippen molar-refractivity contribution in [1.29, 1.82) is 0 Å². The van der Waals surface area contributed by atoms with Gasteiger partial charge >= 0.3 is 0 Å². The van der Waals surface area contributed by atoms with E-state index in [0.717, 1.165) is 15.7 Å². The first-order valence-corrected chi connectivity index (χ1v) is 9.62. The highest BCUT2D eigenvalue weighted by molar-refractivity contribution is 9.10. The summed E-state index contributed by atoms with van der Waals surface area (Å²) in [7, 11) is 0. The number of aryl methyl sites for hydroxylation is 1. The molecule has 0 aliphatic carbocycles. The maximum Gasteiger partial charge on any atom is 0.257 e. The third-order valence-corrected chi connectivity index (χ3v) is 4.79. The van der Waals surface area contributed by atoms with E-state index < -0.39 is 0 Å². The van der Waals surface area contributed by atoms with Crippen LogP contribution in [0.4, 0.5) is 11.4 Å².